The number of carbonyl (C=O) groups is 2. The zero-order valence-corrected chi connectivity index (χ0v) is 23.1. The number of nitrogens with one attached hydrogen (secondary N) is 2. The summed E-state index contributed by atoms with van der Waals surface area (Å²) in [5.74, 6) is -0.712. The van der Waals surface area contributed by atoms with Gasteiger partial charge in [-0.1, -0.05) is 18.2 Å². The van der Waals surface area contributed by atoms with E-state index in [1.54, 1.807) is 45.4 Å². The maximum Gasteiger partial charge on any atom is 0.275 e. The molecule has 5 aromatic rings. The number of ketones is 1. The number of tetrazole rings is 1. The summed E-state index contributed by atoms with van der Waals surface area (Å²) in [6, 6.07) is 17.0. The second-order valence-corrected chi connectivity index (χ2v) is 9.62. The number of benzene rings is 2. The van der Waals surface area contributed by atoms with Gasteiger partial charge in [0, 0.05) is 29.1 Å². The molecule has 11 nitrogen and oxygen atoms in total. The van der Waals surface area contributed by atoms with Gasteiger partial charge in [0.05, 0.1) is 25.3 Å². The second-order valence-electron chi connectivity index (χ2n) is 9.62. The zero-order chi connectivity index (χ0) is 29.8. The van der Waals surface area contributed by atoms with E-state index >= 15 is 0 Å². The summed E-state index contributed by atoms with van der Waals surface area (Å²) in [4.78, 5) is 45.0. The molecule has 0 spiro atoms. The van der Waals surface area contributed by atoms with Gasteiger partial charge in [-0.3, -0.25) is 19.4 Å². The van der Waals surface area contributed by atoms with Crippen molar-refractivity contribution in [2.75, 3.05) is 12.4 Å². The highest BCUT2D eigenvalue weighted by Gasteiger charge is 2.18. The van der Waals surface area contributed by atoms with Crippen molar-refractivity contribution < 1.29 is 14.0 Å². The largest absolute Gasteiger partial charge is 0.320 e. The van der Waals surface area contributed by atoms with Crippen LogP contribution in [0.4, 0.5) is 10.1 Å². The lowest BCUT2D eigenvalue weighted by Crippen LogP contribution is -2.37. The van der Waals surface area contributed by atoms with Crippen LogP contribution in [-0.2, 0) is 18.4 Å². The van der Waals surface area contributed by atoms with Crippen LogP contribution < -0.4 is 16.2 Å². The number of anilines is 1. The average molecular weight is 567 g/mol. The van der Waals surface area contributed by atoms with Crippen LogP contribution in [0.2, 0.25) is 0 Å². The number of aromatic nitrogens is 6. The van der Waals surface area contributed by atoms with Gasteiger partial charge in [0.25, 0.3) is 5.56 Å². The first-order valence-corrected chi connectivity index (χ1v) is 13.0. The Labute approximate surface area is 240 Å². The Morgan fingerprint density at radius 2 is 1.74 bits per heavy atom. The molecular formula is C30H27FN8O3. The van der Waals surface area contributed by atoms with Gasteiger partial charge in [-0.2, -0.15) is 4.80 Å². The van der Waals surface area contributed by atoms with Crippen molar-refractivity contribution in [2.45, 2.75) is 19.5 Å². The Morgan fingerprint density at radius 1 is 0.976 bits per heavy atom. The lowest BCUT2D eigenvalue weighted by atomic mass is 10.0. The van der Waals surface area contributed by atoms with Gasteiger partial charge in [0.1, 0.15) is 11.5 Å². The Kier molecular flexibility index (Phi) is 8.07. The molecule has 0 aliphatic heterocycles. The van der Waals surface area contributed by atoms with Crippen LogP contribution >= 0.6 is 0 Å². The molecule has 5 rings (SSSR count). The van der Waals surface area contributed by atoms with Crippen molar-refractivity contribution >= 4 is 17.4 Å². The predicted octanol–water partition coefficient (Wildman–Crippen LogP) is 3.07. The normalized spacial score (nSPS) is 11.7. The van der Waals surface area contributed by atoms with Crippen LogP contribution in [0.1, 0.15) is 28.4 Å². The molecular weight excluding hydrogens is 539 g/mol. The van der Waals surface area contributed by atoms with Crippen molar-refractivity contribution in [3.63, 3.8) is 0 Å². The number of hydrogen-bond donors (Lipinski definition) is 2. The SMILES string of the molecule is CNC(C)C(=O)Nc1ccc(-c2cccc(-c3nnn(C)n3)c2)n(Cc2cncc(C(=O)c3ccc(F)cc3)c2)c1=O. The first kappa shape index (κ1) is 28.2. The number of likely N-dealkylation sites (N-methyl/N-ethyl adjacent to an activating group) is 1. The maximum absolute atomic E-state index is 13.8. The summed E-state index contributed by atoms with van der Waals surface area (Å²) in [5.41, 5.74) is 2.79. The Hall–Kier alpha value is -5.36. The van der Waals surface area contributed by atoms with Gasteiger partial charge in [-0.25, -0.2) is 4.39 Å². The molecule has 0 saturated heterocycles. The fourth-order valence-electron chi connectivity index (χ4n) is 4.32. The molecule has 2 N–H and O–H groups in total. The van der Waals surface area contributed by atoms with Crippen LogP contribution in [0.5, 0.6) is 0 Å². The van der Waals surface area contributed by atoms with Crippen molar-refractivity contribution in [1.82, 2.24) is 35.1 Å². The number of pyridine rings is 2. The smallest absolute Gasteiger partial charge is 0.275 e. The monoisotopic (exact) mass is 566 g/mol. The van der Waals surface area contributed by atoms with Gasteiger partial charge in [-0.05, 0) is 78.8 Å². The minimum atomic E-state index is -0.521. The summed E-state index contributed by atoms with van der Waals surface area (Å²) in [6.45, 7) is 1.73. The number of carbonyl (C=O) groups excluding carboxylic acids is 2. The lowest BCUT2D eigenvalue weighted by Gasteiger charge is -2.17. The third-order valence-electron chi connectivity index (χ3n) is 6.69. The van der Waals surface area contributed by atoms with E-state index < -0.39 is 17.4 Å². The number of nitrogens with zero attached hydrogens (tertiary/aromatic N) is 6. The number of aryl methyl sites for hydroxylation is 1. The third kappa shape index (κ3) is 6.03. The first-order valence-electron chi connectivity index (χ1n) is 13.0. The molecule has 1 atom stereocenters. The molecule has 3 heterocycles. The summed E-state index contributed by atoms with van der Waals surface area (Å²) >= 11 is 0. The third-order valence-corrected chi connectivity index (χ3v) is 6.69. The average Bonchev–Trinajstić information content (AvgIpc) is 3.45. The predicted molar refractivity (Wildman–Crippen MR) is 154 cm³/mol. The van der Waals surface area contributed by atoms with Crippen LogP contribution in [0.25, 0.3) is 22.6 Å². The molecule has 0 radical (unpaired) electrons. The first-order chi connectivity index (χ1) is 20.2. The summed E-state index contributed by atoms with van der Waals surface area (Å²) in [7, 11) is 3.32. The molecule has 0 aliphatic carbocycles. The van der Waals surface area contributed by atoms with Crippen LogP contribution in [0.3, 0.4) is 0 Å². The standard InChI is InChI=1S/C30H27FN8O3/c1-18(32-2)29(41)34-25-11-12-26(21-5-4-6-22(14-21)28-35-37-38(3)36-28)39(30(25)42)17-19-13-23(16-33-15-19)27(40)20-7-9-24(31)10-8-20/h4-16,18,32H,17H2,1-3H3,(H,34,41). The van der Waals surface area contributed by atoms with Gasteiger partial charge < -0.3 is 15.2 Å². The highest BCUT2D eigenvalue weighted by atomic mass is 19.1. The minimum Gasteiger partial charge on any atom is -0.320 e. The Bertz CT molecular complexity index is 1830. The van der Waals surface area contributed by atoms with E-state index in [0.717, 1.165) is 0 Å². The van der Waals surface area contributed by atoms with E-state index in [2.05, 4.69) is 31.0 Å². The minimum absolute atomic E-state index is 0.0462. The topological polar surface area (TPSA) is 137 Å². The van der Waals surface area contributed by atoms with E-state index in [1.807, 2.05) is 24.3 Å². The molecule has 212 valence electrons. The van der Waals surface area contributed by atoms with E-state index in [0.29, 0.717) is 33.8 Å². The van der Waals surface area contributed by atoms with Crippen LogP contribution in [0.15, 0.2) is 83.9 Å². The molecule has 0 aliphatic rings. The molecule has 2 aromatic carbocycles. The number of hydrogen-bond acceptors (Lipinski definition) is 8. The van der Waals surface area contributed by atoms with Gasteiger partial charge in [-0.15, -0.1) is 10.2 Å². The molecule has 12 heteroatoms. The van der Waals surface area contributed by atoms with E-state index in [1.165, 1.54) is 39.8 Å². The molecule has 0 bridgehead atoms. The lowest BCUT2D eigenvalue weighted by molar-refractivity contribution is -0.117. The maximum atomic E-state index is 13.8. The number of halogens is 1. The second kappa shape index (κ2) is 12.0. The van der Waals surface area contributed by atoms with Crippen LogP contribution in [-0.4, -0.2) is 54.5 Å². The molecule has 42 heavy (non-hydrogen) atoms. The summed E-state index contributed by atoms with van der Waals surface area (Å²) in [6.07, 6.45) is 2.98. The number of amides is 1. The Morgan fingerprint density at radius 3 is 2.45 bits per heavy atom. The quantitative estimate of drug-likeness (QED) is 0.260. The van der Waals surface area contributed by atoms with E-state index in [-0.39, 0.29) is 29.5 Å². The van der Waals surface area contributed by atoms with Crippen molar-refractivity contribution in [3.8, 4) is 22.6 Å². The van der Waals surface area contributed by atoms with Gasteiger partial charge in [0.2, 0.25) is 11.7 Å². The highest BCUT2D eigenvalue weighted by molar-refractivity contribution is 6.08. The van der Waals surface area contributed by atoms with E-state index in [9.17, 15) is 18.8 Å². The summed E-state index contributed by atoms with van der Waals surface area (Å²) < 4.78 is 14.9. The molecule has 0 saturated carbocycles. The number of rotatable bonds is 9. The van der Waals surface area contributed by atoms with Gasteiger partial charge >= 0.3 is 0 Å². The Balaban J connectivity index is 1.56. The van der Waals surface area contributed by atoms with E-state index in [4.69, 9.17) is 0 Å². The van der Waals surface area contributed by atoms with Crippen molar-refractivity contribution in [1.29, 1.82) is 0 Å². The molecule has 1 unspecified atom stereocenters. The fourth-order valence-corrected chi connectivity index (χ4v) is 4.32. The van der Waals surface area contributed by atoms with Crippen LogP contribution in [0, 0.1) is 5.82 Å². The highest BCUT2D eigenvalue weighted by Crippen LogP contribution is 2.25. The summed E-state index contributed by atoms with van der Waals surface area (Å²) in [5, 5.41) is 17.8. The molecule has 3 aromatic heterocycles. The van der Waals surface area contributed by atoms with Crippen molar-refractivity contribution in [3.05, 3.63) is 112 Å². The molecule has 1 amide bonds. The van der Waals surface area contributed by atoms with Crippen molar-refractivity contribution in [2.24, 2.45) is 7.05 Å². The molecule has 0 fully saturated rings. The fraction of sp³-hybridized carbons (Fsp3) is 0.167. The zero-order valence-electron chi connectivity index (χ0n) is 23.1. The van der Waals surface area contributed by atoms with Gasteiger partial charge in [0.15, 0.2) is 5.78 Å².